The quantitative estimate of drug-likeness (QED) is 0.559. The molecule has 1 aromatic carbocycles. The zero-order chi connectivity index (χ0) is 21.1. The Morgan fingerprint density at radius 2 is 2.10 bits per heavy atom. The molecule has 0 spiro atoms. The standard InChI is InChI=1S/C24H24N6O/c1-12-8-16-9-13(2-5-17(16)27-12)10-19-28-18-6-7-26-22(18)24(29-19)30-21-15-4-3-14(11-15)20(21)23(25)31/h2-5,7-9,14-15,20-21,27H,6,10-11H2,1H3,(H2,25,31)(H,28,29,30). The number of carbonyl (C=O) groups is 1. The number of fused-ring (bicyclic) bond motifs is 4. The lowest BCUT2D eigenvalue weighted by Crippen LogP contribution is -2.41. The first-order chi connectivity index (χ1) is 15.0. The van der Waals surface area contributed by atoms with Gasteiger partial charge in [0.05, 0.1) is 11.6 Å². The summed E-state index contributed by atoms with van der Waals surface area (Å²) in [5, 5.41) is 4.73. The Labute approximate surface area is 179 Å². The number of aromatic nitrogens is 3. The van der Waals surface area contributed by atoms with Crippen molar-refractivity contribution in [2.75, 3.05) is 5.32 Å². The molecule has 1 saturated carbocycles. The first kappa shape index (κ1) is 18.3. The monoisotopic (exact) mass is 412 g/mol. The van der Waals surface area contributed by atoms with E-state index in [4.69, 9.17) is 15.7 Å². The maximum absolute atomic E-state index is 12.1. The summed E-state index contributed by atoms with van der Waals surface area (Å²) in [4.78, 5) is 29.6. The van der Waals surface area contributed by atoms with Crippen LogP contribution in [0, 0.1) is 24.7 Å². The molecule has 7 heteroatoms. The largest absolute Gasteiger partial charge is 0.369 e. The maximum Gasteiger partial charge on any atom is 0.223 e. The van der Waals surface area contributed by atoms with Gasteiger partial charge in [0.25, 0.3) is 0 Å². The minimum Gasteiger partial charge on any atom is -0.369 e. The van der Waals surface area contributed by atoms with Gasteiger partial charge in [-0.1, -0.05) is 18.2 Å². The molecule has 4 atom stereocenters. The molecule has 1 amide bonds. The zero-order valence-electron chi connectivity index (χ0n) is 17.3. The molecule has 156 valence electrons. The number of hydrogen-bond acceptors (Lipinski definition) is 5. The molecule has 7 nitrogen and oxygen atoms in total. The number of hydrogen-bond donors (Lipinski definition) is 3. The van der Waals surface area contributed by atoms with Crippen molar-refractivity contribution < 1.29 is 4.79 Å². The number of rotatable bonds is 5. The number of nitrogens with two attached hydrogens (primary N) is 1. The molecule has 0 saturated heterocycles. The number of aromatic amines is 1. The predicted octanol–water partition coefficient (Wildman–Crippen LogP) is 3.20. The number of anilines is 1. The highest BCUT2D eigenvalue weighted by atomic mass is 16.1. The number of nitrogens with zero attached hydrogens (tertiary/aromatic N) is 3. The summed E-state index contributed by atoms with van der Waals surface area (Å²) in [6, 6.07) is 8.50. The van der Waals surface area contributed by atoms with Gasteiger partial charge in [-0.3, -0.25) is 9.79 Å². The van der Waals surface area contributed by atoms with E-state index < -0.39 is 0 Å². The van der Waals surface area contributed by atoms with Crippen LogP contribution in [0.5, 0.6) is 0 Å². The first-order valence-electron chi connectivity index (χ1n) is 10.8. The Kier molecular flexibility index (Phi) is 4.00. The number of benzene rings is 1. The van der Waals surface area contributed by atoms with Crippen molar-refractivity contribution >= 4 is 34.5 Å². The summed E-state index contributed by atoms with van der Waals surface area (Å²) in [6.07, 6.45) is 8.50. The Balaban J connectivity index is 1.33. The average molecular weight is 412 g/mol. The molecule has 3 aromatic rings. The Morgan fingerprint density at radius 3 is 2.97 bits per heavy atom. The number of nitrogens with one attached hydrogen (secondary N) is 2. The number of carbonyl (C=O) groups excluding carboxylic acids is 1. The molecule has 3 aliphatic rings. The number of aliphatic imine (C=N–C) groups is 1. The molecular weight excluding hydrogens is 388 g/mol. The highest BCUT2D eigenvalue weighted by Crippen LogP contribution is 2.45. The molecule has 2 aromatic heterocycles. The maximum atomic E-state index is 12.1. The van der Waals surface area contributed by atoms with Gasteiger partial charge in [0, 0.05) is 36.3 Å². The van der Waals surface area contributed by atoms with Gasteiger partial charge in [0.15, 0.2) is 5.82 Å². The van der Waals surface area contributed by atoms with Gasteiger partial charge in [0.2, 0.25) is 5.91 Å². The second kappa shape index (κ2) is 6.77. The summed E-state index contributed by atoms with van der Waals surface area (Å²) in [5.74, 6) is 1.51. The van der Waals surface area contributed by atoms with Crippen LogP contribution >= 0.6 is 0 Å². The SMILES string of the molecule is Cc1cc2cc(Cc3nc4c(c(NC5C6C=CC(C6)C5C(N)=O)n3)N=CC4)ccc2[nH]1. The molecule has 1 aliphatic heterocycles. The fraction of sp³-hybridized carbons (Fsp3) is 0.333. The van der Waals surface area contributed by atoms with Crippen molar-refractivity contribution in [1.82, 2.24) is 15.0 Å². The normalized spacial score (nSPS) is 25.5. The average Bonchev–Trinajstić information content (AvgIpc) is 3.50. The molecule has 4 unspecified atom stereocenters. The van der Waals surface area contributed by atoms with Crippen molar-refractivity contribution in [3.8, 4) is 0 Å². The summed E-state index contributed by atoms with van der Waals surface area (Å²) in [6.45, 7) is 2.06. The van der Waals surface area contributed by atoms with Crippen molar-refractivity contribution in [1.29, 1.82) is 0 Å². The van der Waals surface area contributed by atoms with Crippen molar-refractivity contribution in [3.05, 3.63) is 59.2 Å². The van der Waals surface area contributed by atoms with Gasteiger partial charge in [-0.2, -0.15) is 0 Å². The van der Waals surface area contributed by atoms with Crippen molar-refractivity contribution in [3.63, 3.8) is 0 Å². The number of allylic oxidation sites excluding steroid dienone is 1. The van der Waals surface area contributed by atoms with Crippen LogP contribution < -0.4 is 11.1 Å². The molecule has 31 heavy (non-hydrogen) atoms. The topological polar surface area (TPSA) is 109 Å². The Bertz CT molecular complexity index is 1270. The number of H-pyrrole nitrogens is 1. The summed E-state index contributed by atoms with van der Waals surface area (Å²) < 4.78 is 0. The smallest absolute Gasteiger partial charge is 0.223 e. The van der Waals surface area contributed by atoms with E-state index in [1.54, 1.807) is 0 Å². The van der Waals surface area contributed by atoms with Crippen LogP contribution in [0.1, 0.15) is 29.2 Å². The fourth-order valence-electron chi connectivity index (χ4n) is 5.42. The molecule has 0 radical (unpaired) electrons. The van der Waals surface area contributed by atoms with Crippen LogP contribution in [-0.2, 0) is 17.6 Å². The highest BCUT2D eigenvalue weighted by Gasteiger charge is 2.47. The third-order valence-corrected chi connectivity index (χ3v) is 6.78. The predicted molar refractivity (Wildman–Crippen MR) is 121 cm³/mol. The van der Waals surface area contributed by atoms with Crippen LogP contribution in [0.25, 0.3) is 10.9 Å². The lowest BCUT2D eigenvalue weighted by Gasteiger charge is -2.27. The number of aryl methyl sites for hydroxylation is 1. The Morgan fingerprint density at radius 1 is 1.23 bits per heavy atom. The third-order valence-electron chi connectivity index (χ3n) is 6.78. The van der Waals surface area contributed by atoms with E-state index in [9.17, 15) is 4.79 Å². The van der Waals surface area contributed by atoms with Crippen LogP contribution in [0.4, 0.5) is 11.5 Å². The lowest BCUT2D eigenvalue weighted by atomic mass is 9.88. The zero-order valence-corrected chi connectivity index (χ0v) is 17.3. The molecule has 1 fully saturated rings. The van der Waals surface area contributed by atoms with E-state index >= 15 is 0 Å². The molecule has 4 N–H and O–H groups in total. The van der Waals surface area contributed by atoms with Crippen LogP contribution in [0.15, 0.2) is 41.4 Å². The van der Waals surface area contributed by atoms with Gasteiger partial charge < -0.3 is 16.0 Å². The summed E-state index contributed by atoms with van der Waals surface area (Å²) >= 11 is 0. The van der Waals surface area contributed by atoms with Crippen LogP contribution in [0.2, 0.25) is 0 Å². The molecule has 6 rings (SSSR count). The highest BCUT2D eigenvalue weighted by molar-refractivity contribution is 5.83. The summed E-state index contributed by atoms with van der Waals surface area (Å²) in [7, 11) is 0. The fourth-order valence-corrected chi connectivity index (χ4v) is 5.42. The van der Waals surface area contributed by atoms with E-state index in [1.807, 2.05) is 6.21 Å². The van der Waals surface area contributed by atoms with Gasteiger partial charge in [-0.05, 0) is 54.3 Å². The lowest BCUT2D eigenvalue weighted by molar-refractivity contribution is -0.122. The van der Waals surface area contributed by atoms with Gasteiger partial charge in [-0.15, -0.1) is 0 Å². The number of primary amides is 1. The van der Waals surface area contributed by atoms with Crippen LogP contribution in [0.3, 0.4) is 0 Å². The van der Waals surface area contributed by atoms with E-state index in [2.05, 4.69) is 58.6 Å². The summed E-state index contributed by atoms with van der Waals surface area (Å²) in [5.41, 5.74) is 10.9. The van der Waals surface area contributed by atoms with Gasteiger partial charge in [-0.25, -0.2) is 9.97 Å². The van der Waals surface area contributed by atoms with Crippen LogP contribution in [-0.4, -0.2) is 33.1 Å². The molecule has 2 bridgehead atoms. The molecule has 2 aliphatic carbocycles. The third kappa shape index (κ3) is 3.03. The van der Waals surface area contributed by atoms with Gasteiger partial charge in [0.1, 0.15) is 11.5 Å². The van der Waals surface area contributed by atoms with Gasteiger partial charge >= 0.3 is 0 Å². The Hall–Kier alpha value is -3.48. The minimum absolute atomic E-state index is 0.0469. The minimum atomic E-state index is -0.251. The molecule has 3 heterocycles. The second-order valence-electron chi connectivity index (χ2n) is 8.90. The van der Waals surface area contributed by atoms with E-state index in [-0.39, 0.29) is 23.8 Å². The van der Waals surface area contributed by atoms with Crippen molar-refractivity contribution in [2.24, 2.45) is 28.5 Å². The van der Waals surface area contributed by atoms with E-state index in [0.29, 0.717) is 24.6 Å². The first-order valence-corrected chi connectivity index (χ1v) is 10.8. The van der Waals surface area contributed by atoms with Crippen molar-refractivity contribution in [2.45, 2.75) is 32.2 Å². The number of amides is 1. The second-order valence-corrected chi connectivity index (χ2v) is 8.90. The van der Waals surface area contributed by atoms with E-state index in [1.165, 1.54) is 5.39 Å². The molecular formula is C24H24N6O. The van der Waals surface area contributed by atoms with E-state index in [0.717, 1.165) is 40.4 Å².